The van der Waals surface area contributed by atoms with Crippen LogP contribution in [0.15, 0.2) is 60.0 Å². The molecule has 0 saturated carbocycles. The zero-order valence-electron chi connectivity index (χ0n) is 14.3. The van der Waals surface area contributed by atoms with Gasteiger partial charge in [0.1, 0.15) is 5.82 Å². The Balaban J connectivity index is 1.97. The minimum Gasteiger partial charge on any atom is -0.476 e. The number of nitrogens with zero attached hydrogens (tertiary/aromatic N) is 3. The monoisotopic (exact) mass is 379 g/mol. The second-order valence-corrected chi connectivity index (χ2v) is 6.77. The van der Waals surface area contributed by atoms with Crippen molar-refractivity contribution in [2.45, 2.75) is 6.92 Å². The molecular weight excluding hydrogens is 365 g/mol. The van der Waals surface area contributed by atoms with Gasteiger partial charge in [-0.15, -0.1) is 11.3 Å². The molecule has 0 aliphatic heterocycles. The molecule has 0 atom stereocenters. The zero-order valence-corrected chi connectivity index (χ0v) is 15.1. The molecule has 0 radical (unpaired) electrons. The molecule has 2 aromatic carbocycles. The molecule has 0 spiro atoms. The number of carboxylic acids is 1. The lowest BCUT2D eigenvalue weighted by Gasteiger charge is -2.06. The highest BCUT2D eigenvalue weighted by atomic mass is 32.1. The molecule has 0 unspecified atom stereocenters. The molecule has 2 heterocycles. The first-order valence-electron chi connectivity index (χ1n) is 8.15. The first kappa shape index (κ1) is 17.1. The van der Waals surface area contributed by atoms with E-state index >= 15 is 0 Å². The second kappa shape index (κ2) is 6.77. The third kappa shape index (κ3) is 3.13. The van der Waals surface area contributed by atoms with Gasteiger partial charge in [0.2, 0.25) is 5.13 Å². The summed E-state index contributed by atoms with van der Waals surface area (Å²) >= 11 is 1.18. The molecule has 0 saturated heterocycles. The summed E-state index contributed by atoms with van der Waals surface area (Å²) in [7, 11) is 0. The highest BCUT2D eigenvalue weighted by Crippen LogP contribution is 2.34. The summed E-state index contributed by atoms with van der Waals surface area (Å²) in [6.07, 6.45) is 0. The predicted molar refractivity (Wildman–Crippen MR) is 102 cm³/mol. The van der Waals surface area contributed by atoms with Crippen molar-refractivity contribution in [1.29, 1.82) is 0 Å². The van der Waals surface area contributed by atoms with Gasteiger partial charge in [-0.1, -0.05) is 42.5 Å². The Labute approximate surface area is 158 Å². The summed E-state index contributed by atoms with van der Waals surface area (Å²) in [6.45, 7) is 1.91. The summed E-state index contributed by atoms with van der Waals surface area (Å²) in [5.41, 5.74) is 3.80. The number of halogens is 1. The van der Waals surface area contributed by atoms with Crippen LogP contribution in [0.25, 0.3) is 27.6 Å². The molecule has 0 aliphatic rings. The highest BCUT2D eigenvalue weighted by Gasteiger charge is 2.21. The third-order valence-electron chi connectivity index (χ3n) is 4.16. The van der Waals surface area contributed by atoms with Crippen LogP contribution in [0.4, 0.5) is 4.39 Å². The van der Waals surface area contributed by atoms with E-state index in [0.717, 1.165) is 16.8 Å². The third-order valence-corrected chi connectivity index (χ3v) is 4.98. The van der Waals surface area contributed by atoms with E-state index in [2.05, 4.69) is 10.1 Å². The van der Waals surface area contributed by atoms with E-state index in [1.54, 1.807) is 16.8 Å². The fourth-order valence-electron chi connectivity index (χ4n) is 2.94. The van der Waals surface area contributed by atoms with Crippen LogP contribution < -0.4 is 0 Å². The van der Waals surface area contributed by atoms with Crippen molar-refractivity contribution >= 4 is 17.3 Å². The van der Waals surface area contributed by atoms with Gasteiger partial charge in [-0.2, -0.15) is 5.10 Å². The number of aromatic carboxylic acids is 1. The normalized spacial score (nSPS) is 10.9. The summed E-state index contributed by atoms with van der Waals surface area (Å²) < 4.78 is 15.4. The van der Waals surface area contributed by atoms with E-state index in [4.69, 9.17) is 0 Å². The minimum atomic E-state index is -1.10. The number of hydrogen-bond acceptors (Lipinski definition) is 4. The van der Waals surface area contributed by atoms with Crippen LogP contribution >= 0.6 is 11.3 Å². The van der Waals surface area contributed by atoms with E-state index in [9.17, 15) is 14.3 Å². The average Bonchev–Trinajstić information content (AvgIpc) is 3.27. The Morgan fingerprint density at radius 2 is 1.85 bits per heavy atom. The van der Waals surface area contributed by atoms with Gasteiger partial charge < -0.3 is 5.11 Å². The molecule has 0 aliphatic carbocycles. The van der Waals surface area contributed by atoms with Crippen LogP contribution in [0.3, 0.4) is 0 Å². The van der Waals surface area contributed by atoms with Crippen molar-refractivity contribution in [2.75, 3.05) is 0 Å². The Bertz CT molecular complexity index is 1140. The summed E-state index contributed by atoms with van der Waals surface area (Å²) in [5.74, 6) is -1.46. The summed E-state index contributed by atoms with van der Waals surface area (Å²) in [4.78, 5) is 15.4. The number of carbonyl (C=O) groups is 1. The number of aromatic nitrogens is 3. The SMILES string of the molecule is Cc1c(-c2ccccc2)nn(-c2nc(C(=O)O)cs2)c1-c1cccc(F)c1. The van der Waals surface area contributed by atoms with Gasteiger partial charge in [0, 0.05) is 22.1 Å². The average molecular weight is 379 g/mol. The minimum absolute atomic E-state index is 0.0467. The van der Waals surface area contributed by atoms with Gasteiger partial charge in [0.15, 0.2) is 5.69 Å². The second-order valence-electron chi connectivity index (χ2n) is 5.93. The van der Waals surface area contributed by atoms with Gasteiger partial charge in [0.05, 0.1) is 11.4 Å². The van der Waals surface area contributed by atoms with Gasteiger partial charge in [-0.25, -0.2) is 18.9 Å². The van der Waals surface area contributed by atoms with E-state index in [0.29, 0.717) is 16.4 Å². The number of thiazole rings is 1. The number of rotatable bonds is 4. The highest BCUT2D eigenvalue weighted by molar-refractivity contribution is 7.12. The fraction of sp³-hybridized carbons (Fsp3) is 0.0500. The number of hydrogen-bond donors (Lipinski definition) is 1. The Morgan fingerprint density at radius 3 is 2.52 bits per heavy atom. The molecule has 1 N–H and O–H groups in total. The van der Waals surface area contributed by atoms with E-state index in [1.807, 2.05) is 37.3 Å². The molecule has 134 valence electrons. The van der Waals surface area contributed by atoms with Crippen LogP contribution in [0.2, 0.25) is 0 Å². The van der Waals surface area contributed by atoms with Crippen molar-refractivity contribution in [3.8, 4) is 27.6 Å². The van der Waals surface area contributed by atoms with Gasteiger partial charge >= 0.3 is 5.97 Å². The standard InChI is InChI=1S/C20H14FN3O2S/c1-12-17(13-6-3-2-4-7-13)23-24(20-22-16(11-27-20)19(25)26)18(12)14-8-5-9-15(21)10-14/h2-11H,1H3,(H,25,26). The summed E-state index contributed by atoms with van der Waals surface area (Å²) in [5, 5.41) is 15.7. The largest absolute Gasteiger partial charge is 0.476 e. The van der Waals surface area contributed by atoms with Crippen LogP contribution in [0.1, 0.15) is 16.1 Å². The number of carboxylic acid groups (broad SMARTS) is 1. The molecule has 0 bridgehead atoms. The first-order chi connectivity index (χ1) is 13.0. The predicted octanol–water partition coefficient (Wildman–Crippen LogP) is 4.81. The van der Waals surface area contributed by atoms with Crippen molar-refractivity contribution in [1.82, 2.24) is 14.8 Å². The Morgan fingerprint density at radius 1 is 1.11 bits per heavy atom. The topological polar surface area (TPSA) is 68.0 Å². The smallest absolute Gasteiger partial charge is 0.355 e. The Kier molecular flexibility index (Phi) is 4.29. The fourth-order valence-corrected chi connectivity index (χ4v) is 3.69. The van der Waals surface area contributed by atoms with Crippen LogP contribution in [-0.2, 0) is 0 Å². The lowest BCUT2D eigenvalue weighted by molar-refractivity contribution is 0.0691. The van der Waals surface area contributed by atoms with Gasteiger partial charge in [-0.3, -0.25) is 0 Å². The molecule has 4 aromatic rings. The first-order valence-corrected chi connectivity index (χ1v) is 9.02. The van der Waals surface area contributed by atoms with Crippen molar-refractivity contribution in [3.05, 3.63) is 77.1 Å². The van der Waals surface area contributed by atoms with Gasteiger partial charge in [-0.05, 0) is 19.1 Å². The molecule has 27 heavy (non-hydrogen) atoms. The van der Waals surface area contributed by atoms with E-state index in [-0.39, 0.29) is 11.5 Å². The molecule has 0 amide bonds. The Hall–Kier alpha value is -3.32. The quantitative estimate of drug-likeness (QED) is 0.553. The molecule has 2 aromatic heterocycles. The van der Waals surface area contributed by atoms with Crippen LogP contribution in [0, 0.1) is 12.7 Å². The molecule has 4 rings (SSSR count). The van der Waals surface area contributed by atoms with Crippen LogP contribution in [-0.4, -0.2) is 25.8 Å². The lowest BCUT2D eigenvalue weighted by Crippen LogP contribution is -2.02. The summed E-state index contributed by atoms with van der Waals surface area (Å²) in [6, 6.07) is 15.9. The van der Waals surface area contributed by atoms with Crippen molar-refractivity contribution in [3.63, 3.8) is 0 Å². The molecule has 0 fully saturated rings. The van der Waals surface area contributed by atoms with Crippen molar-refractivity contribution < 1.29 is 14.3 Å². The lowest BCUT2D eigenvalue weighted by atomic mass is 10.0. The zero-order chi connectivity index (χ0) is 19.0. The van der Waals surface area contributed by atoms with Crippen LogP contribution in [0.5, 0.6) is 0 Å². The molecule has 5 nitrogen and oxygen atoms in total. The molecular formula is C20H14FN3O2S. The van der Waals surface area contributed by atoms with E-state index < -0.39 is 5.97 Å². The maximum atomic E-state index is 13.8. The number of benzene rings is 2. The van der Waals surface area contributed by atoms with E-state index in [1.165, 1.54) is 28.8 Å². The molecule has 7 heteroatoms. The van der Waals surface area contributed by atoms with Gasteiger partial charge in [0.25, 0.3) is 0 Å². The van der Waals surface area contributed by atoms with Crippen molar-refractivity contribution in [2.24, 2.45) is 0 Å². The maximum Gasteiger partial charge on any atom is 0.355 e. The maximum absolute atomic E-state index is 13.8.